The Morgan fingerprint density at radius 2 is 0.528 bits per heavy atom. The zero-order chi connectivity index (χ0) is 70.9. The maximum atomic E-state index is 5.44. The molecule has 0 spiro atoms. The molecule has 23 aromatic rings. The molecule has 0 radical (unpaired) electrons. The van der Waals surface area contributed by atoms with Gasteiger partial charge in [-0.1, -0.05) is 255 Å². The second-order valence-electron chi connectivity index (χ2n) is 27.8. The summed E-state index contributed by atoms with van der Waals surface area (Å²) in [5, 5.41) is 14.8. The van der Waals surface area contributed by atoms with Crippen LogP contribution in [0, 0.1) is 0 Å². The minimum absolute atomic E-state index is 0.615. The number of nitrogens with zero attached hydrogens (tertiary/aromatic N) is 8. The Morgan fingerprint density at radius 1 is 0.204 bits per heavy atom. The average Bonchev–Trinajstić information content (AvgIpc) is 1.55. The second kappa shape index (κ2) is 24.7. The molecule has 23 rings (SSSR count). The van der Waals surface area contributed by atoms with Crippen molar-refractivity contribution < 1.29 is 0 Å². The van der Waals surface area contributed by atoms with Gasteiger partial charge in [-0.15, -0.1) is 11.3 Å². The van der Waals surface area contributed by atoms with Crippen LogP contribution in [-0.4, -0.2) is 37.8 Å². The Hall–Kier alpha value is -14.3. The van der Waals surface area contributed by atoms with E-state index in [-0.39, 0.29) is 0 Å². The lowest BCUT2D eigenvalue weighted by Crippen LogP contribution is -2.04. The lowest BCUT2D eigenvalue weighted by Gasteiger charge is -2.13. The number of hydrogen-bond donors (Lipinski definition) is 0. The van der Waals surface area contributed by atoms with E-state index in [2.05, 4.69) is 381 Å². The molecule has 0 amide bonds. The van der Waals surface area contributed by atoms with Crippen LogP contribution in [0.15, 0.2) is 376 Å². The molecule has 0 saturated carbocycles. The number of para-hydroxylation sites is 8. The number of benzene rings is 15. The van der Waals surface area contributed by atoms with Gasteiger partial charge in [-0.2, -0.15) is 0 Å². The maximum absolute atomic E-state index is 5.44. The van der Waals surface area contributed by atoms with Crippen molar-refractivity contribution in [3.63, 3.8) is 0 Å². The van der Waals surface area contributed by atoms with Crippen LogP contribution in [-0.2, 0) is 0 Å². The highest BCUT2D eigenvalue weighted by atomic mass is 32.1. The van der Waals surface area contributed by atoms with Crippen LogP contribution >= 0.6 is 11.3 Å². The maximum Gasteiger partial charge on any atom is 0.235 e. The minimum Gasteiger partial charge on any atom is -0.309 e. The molecule has 0 aliphatic heterocycles. The standard InChI is InChI=1S/C64H41N5.C35H21N3S/c1-5-17-42(18-6-1)56-41-57(43-19-7-2-8-20-43)66-64(65-56)69-62-39-46(44-29-33-52-50-25-13-15-27-58(50)67(60(52)37-44)48-21-9-3-10-22-48)31-35-54(62)55-36-32-47(40-63(55)69)45-30-34-53-51-26-14-16-28-59(51)68(61(53)38-45)49-23-11-4-12-24-49;1-5-13-29-23(9-1)24-10-2-6-14-30(24)37(29)22-17-18-33-28(21-22)27-19-20-36-35(34(27)39-33)38-31-15-7-3-11-25(31)26-12-4-8-16-32(26)38/h1-41H;1-21H. The smallest absolute Gasteiger partial charge is 0.235 e. The van der Waals surface area contributed by atoms with Crippen molar-refractivity contribution in [1.29, 1.82) is 0 Å². The Morgan fingerprint density at radius 3 is 0.917 bits per heavy atom. The first-order chi connectivity index (χ1) is 53.6. The van der Waals surface area contributed by atoms with Crippen molar-refractivity contribution in [2.75, 3.05) is 0 Å². The molecule has 0 atom stereocenters. The zero-order valence-electron chi connectivity index (χ0n) is 58.3. The normalized spacial score (nSPS) is 11.9. The quantitative estimate of drug-likeness (QED) is 0.145. The van der Waals surface area contributed by atoms with Crippen molar-refractivity contribution in [3.05, 3.63) is 376 Å². The highest BCUT2D eigenvalue weighted by Gasteiger charge is 2.24. The fraction of sp³-hybridized carbons (Fsp3) is 0. The zero-order valence-corrected chi connectivity index (χ0v) is 59.1. The predicted octanol–water partition coefficient (Wildman–Crippen LogP) is 26.1. The van der Waals surface area contributed by atoms with Crippen LogP contribution in [0.3, 0.4) is 0 Å². The van der Waals surface area contributed by atoms with E-state index in [4.69, 9.17) is 15.0 Å². The molecule has 9 heteroatoms. The summed E-state index contributed by atoms with van der Waals surface area (Å²) in [5.41, 5.74) is 23.3. The van der Waals surface area contributed by atoms with Crippen molar-refractivity contribution in [1.82, 2.24) is 37.8 Å². The van der Waals surface area contributed by atoms with Crippen molar-refractivity contribution >= 4 is 141 Å². The number of rotatable bonds is 9. The molecule has 0 aliphatic carbocycles. The SMILES string of the molecule is c1ccc(-c2cc(-c3ccccc3)nc(-n3c4cc(-c5ccc6c7ccccc7n(-c7ccccc7)c6c5)ccc4c4ccc(-c5ccc6c7ccccc7n(-c7ccccc7)c6c5)cc43)n2)cc1.c1ccc2c(c1)c1ccccc1n2-c1ccc2sc3c(-n4c5ccccc5c5ccccc54)nccc3c2c1. The largest absolute Gasteiger partial charge is 0.309 e. The number of pyridine rings is 1. The van der Waals surface area contributed by atoms with Gasteiger partial charge >= 0.3 is 0 Å². The summed E-state index contributed by atoms with van der Waals surface area (Å²) < 4.78 is 14.3. The first-order valence-corrected chi connectivity index (χ1v) is 37.5. The Bertz CT molecular complexity index is 7170. The Balaban J connectivity index is 0.000000156. The van der Waals surface area contributed by atoms with Gasteiger partial charge in [-0.05, 0) is 138 Å². The number of hydrogen-bond acceptors (Lipinski definition) is 4. The Kier molecular flexibility index (Phi) is 14.0. The predicted molar refractivity (Wildman–Crippen MR) is 453 cm³/mol. The summed E-state index contributed by atoms with van der Waals surface area (Å²) in [7, 11) is 0. The molecule has 0 bridgehead atoms. The van der Waals surface area contributed by atoms with Crippen LogP contribution in [0.4, 0.5) is 0 Å². The third kappa shape index (κ3) is 9.72. The monoisotopic (exact) mass is 1390 g/mol. The summed E-state index contributed by atoms with van der Waals surface area (Å²) in [6, 6.07) is 133. The topological polar surface area (TPSA) is 63.3 Å². The lowest BCUT2D eigenvalue weighted by atomic mass is 10.00. The van der Waals surface area contributed by atoms with Crippen molar-refractivity contribution in [2.24, 2.45) is 0 Å². The second-order valence-corrected chi connectivity index (χ2v) is 28.9. The van der Waals surface area contributed by atoms with Crippen LogP contribution in [0.2, 0.25) is 0 Å². The summed E-state index contributed by atoms with van der Waals surface area (Å²) in [6.45, 7) is 0. The molecule has 0 unspecified atom stereocenters. The molecule has 0 saturated heterocycles. The Labute approximate surface area is 624 Å². The van der Waals surface area contributed by atoms with Gasteiger partial charge < -0.3 is 13.7 Å². The van der Waals surface area contributed by atoms with Gasteiger partial charge in [0.2, 0.25) is 5.95 Å². The third-order valence-corrected chi connectivity index (χ3v) is 23.0. The molecular weight excluding hydrogens is 1330 g/mol. The van der Waals surface area contributed by atoms with Crippen LogP contribution in [0.1, 0.15) is 0 Å². The molecule has 15 aromatic carbocycles. The van der Waals surface area contributed by atoms with Crippen molar-refractivity contribution in [2.45, 2.75) is 0 Å². The van der Waals surface area contributed by atoms with Crippen LogP contribution in [0.5, 0.6) is 0 Å². The van der Waals surface area contributed by atoms with Gasteiger partial charge in [0.05, 0.1) is 71.3 Å². The van der Waals surface area contributed by atoms with E-state index in [9.17, 15) is 0 Å². The minimum atomic E-state index is 0.615. The van der Waals surface area contributed by atoms with Gasteiger partial charge in [0.25, 0.3) is 0 Å². The van der Waals surface area contributed by atoms with E-state index in [1.165, 1.54) is 113 Å². The number of fused-ring (bicyclic) bond motifs is 18. The molecule has 8 nitrogen and oxygen atoms in total. The molecule has 0 aliphatic rings. The van der Waals surface area contributed by atoms with E-state index in [1.807, 2.05) is 29.7 Å². The van der Waals surface area contributed by atoms with E-state index in [1.54, 1.807) is 0 Å². The van der Waals surface area contributed by atoms with Gasteiger partial charge in [0, 0.05) is 104 Å². The van der Waals surface area contributed by atoms with Crippen LogP contribution < -0.4 is 0 Å². The van der Waals surface area contributed by atoms with Gasteiger partial charge in [-0.25, -0.2) is 15.0 Å². The van der Waals surface area contributed by atoms with E-state index >= 15 is 0 Å². The number of aromatic nitrogens is 8. The number of thiophene rings is 1. The third-order valence-electron chi connectivity index (χ3n) is 21.8. The van der Waals surface area contributed by atoms with Gasteiger partial charge in [0.15, 0.2) is 5.82 Å². The fourth-order valence-electron chi connectivity index (χ4n) is 17.0. The van der Waals surface area contributed by atoms with E-state index in [0.717, 1.165) is 83.8 Å². The molecule has 0 fully saturated rings. The van der Waals surface area contributed by atoms with Gasteiger partial charge in [-0.3, -0.25) is 9.13 Å². The highest BCUT2D eigenvalue weighted by Crippen LogP contribution is 2.45. The first kappa shape index (κ1) is 61.2. The van der Waals surface area contributed by atoms with Gasteiger partial charge in [0.1, 0.15) is 0 Å². The van der Waals surface area contributed by atoms with E-state index < -0.39 is 0 Å². The van der Waals surface area contributed by atoms with Crippen LogP contribution in [0.25, 0.3) is 203 Å². The summed E-state index contributed by atoms with van der Waals surface area (Å²) in [4.78, 5) is 15.9. The molecule has 0 N–H and O–H groups in total. The summed E-state index contributed by atoms with van der Waals surface area (Å²) in [5.74, 6) is 1.60. The molecule has 8 heterocycles. The summed E-state index contributed by atoms with van der Waals surface area (Å²) >= 11 is 1.82. The molecular formula is C99H62N8S. The molecule has 8 aromatic heterocycles. The first-order valence-electron chi connectivity index (χ1n) is 36.6. The van der Waals surface area contributed by atoms with Crippen molar-refractivity contribution in [3.8, 4) is 73.6 Å². The molecule has 108 heavy (non-hydrogen) atoms. The fourth-order valence-corrected chi connectivity index (χ4v) is 18.1. The molecule has 504 valence electrons. The lowest BCUT2D eigenvalue weighted by molar-refractivity contribution is 0.996. The average molecular weight is 1400 g/mol. The van der Waals surface area contributed by atoms with E-state index in [0.29, 0.717) is 5.95 Å². The summed E-state index contributed by atoms with van der Waals surface area (Å²) in [6.07, 6.45) is 1.96. The highest BCUT2D eigenvalue weighted by molar-refractivity contribution is 7.26.